The summed E-state index contributed by atoms with van der Waals surface area (Å²) in [7, 11) is 0. The predicted molar refractivity (Wildman–Crippen MR) is 130 cm³/mol. The van der Waals surface area contributed by atoms with E-state index in [1.165, 1.54) is 12.1 Å². The molecule has 0 radical (unpaired) electrons. The number of carbonyl (C=O) groups is 2. The molecule has 7 nitrogen and oxygen atoms in total. The largest absolute Gasteiger partial charge is 0.465 e. The van der Waals surface area contributed by atoms with Crippen molar-refractivity contribution in [2.24, 2.45) is 11.3 Å². The van der Waals surface area contributed by atoms with Crippen molar-refractivity contribution in [2.75, 3.05) is 36.0 Å². The van der Waals surface area contributed by atoms with Crippen LogP contribution in [0.4, 0.5) is 29.3 Å². The molecule has 0 bridgehead atoms. The van der Waals surface area contributed by atoms with E-state index in [0.717, 1.165) is 23.8 Å². The fraction of sp³-hybridized carbons (Fsp3) is 0.692. The molecule has 2 N–H and O–H groups in total. The number of aliphatic hydroxyl groups is 1. The molecule has 10 heteroatoms. The van der Waals surface area contributed by atoms with Crippen molar-refractivity contribution in [2.45, 2.75) is 77.1 Å². The number of carbonyl (C=O) groups excluding carboxylic acids is 1. The number of likely N-dealkylation sites (tertiary alicyclic amines) is 1. The van der Waals surface area contributed by atoms with Crippen molar-refractivity contribution in [1.82, 2.24) is 4.90 Å². The molecule has 200 valence electrons. The van der Waals surface area contributed by atoms with E-state index < -0.39 is 23.2 Å². The van der Waals surface area contributed by atoms with E-state index in [1.807, 2.05) is 4.90 Å². The van der Waals surface area contributed by atoms with Gasteiger partial charge >= 0.3 is 12.3 Å². The number of benzene rings is 1. The number of aliphatic hydroxyl groups excluding tert-OH is 1. The van der Waals surface area contributed by atoms with Crippen molar-refractivity contribution in [3.05, 3.63) is 23.8 Å². The Kier molecular flexibility index (Phi) is 7.46. The molecule has 1 aliphatic carbocycles. The van der Waals surface area contributed by atoms with Crippen LogP contribution < -0.4 is 9.80 Å². The fourth-order valence-electron chi connectivity index (χ4n) is 6.14. The van der Waals surface area contributed by atoms with Gasteiger partial charge in [0.15, 0.2) is 0 Å². The molecule has 2 amide bonds. The molecule has 1 aromatic rings. The molecular weight excluding hydrogens is 475 g/mol. The molecular formula is C26H36F3N3O4. The maximum absolute atomic E-state index is 14.2. The minimum absolute atomic E-state index is 0.00718. The molecule has 2 aliphatic heterocycles. The summed E-state index contributed by atoms with van der Waals surface area (Å²) in [6.07, 6.45) is -1.59. The van der Waals surface area contributed by atoms with E-state index in [9.17, 15) is 33.0 Å². The Bertz CT molecular complexity index is 978. The zero-order chi connectivity index (χ0) is 26.3. The lowest BCUT2D eigenvalue weighted by atomic mass is 9.78. The first-order valence-corrected chi connectivity index (χ1v) is 12.9. The predicted octanol–water partition coefficient (Wildman–Crippen LogP) is 4.97. The van der Waals surface area contributed by atoms with Gasteiger partial charge in [0, 0.05) is 43.6 Å². The summed E-state index contributed by atoms with van der Waals surface area (Å²) < 4.78 is 42.6. The Morgan fingerprint density at radius 1 is 1.17 bits per heavy atom. The average molecular weight is 512 g/mol. The van der Waals surface area contributed by atoms with Gasteiger partial charge < -0.3 is 20.0 Å². The van der Waals surface area contributed by atoms with Crippen LogP contribution in [-0.2, 0) is 11.0 Å². The van der Waals surface area contributed by atoms with Gasteiger partial charge in [-0.15, -0.1) is 0 Å². The van der Waals surface area contributed by atoms with Gasteiger partial charge in [0.1, 0.15) is 0 Å². The molecule has 3 fully saturated rings. The number of carboxylic acid groups (broad SMARTS) is 1. The molecule has 2 heterocycles. The van der Waals surface area contributed by atoms with Crippen molar-refractivity contribution < 1.29 is 33.0 Å². The van der Waals surface area contributed by atoms with Crippen LogP contribution in [0, 0.1) is 11.3 Å². The molecule has 1 saturated carbocycles. The van der Waals surface area contributed by atoms with Crippen molar-refractivity contribution >= 4 is 23.4 Å². The third-order valence-corrected chi connectivity index (χ3v) is 7.95. The van der Waals surface area contributed by atoms with E-state index in [4.69, 9.17) is 0 Å². The summed E-state index contributed by atoms with van der Waals surface area (Å²) in [6, 6.07) is 3.79. The zero-order valence-corrected chi connectivity index (χ0v) is 20.9. The summed E-state index contributed by atoms with van der Waals surface area (Å²) >= 11 is 0. The topological polar surface area (TPSA) is 84.3 Å². The monoisotopic (exact) mass is 511 g/mol. The second kappa shape index (κ2) is 10.1. The highest BCUT2D eigenvalue weighted by molar-refractivity contribution is 5.88. The smallest absolute Gasteiger partial charge is 0.418 e. The van der Waals surface area contributed by atoms with Crippen molar-refractivity contribution in [1.29, 1.82) is 0 Å². The fourth-order valence-corrected chi connectivity index (χ4v) is 6.14. The second-order valence-corrected chi connectivity index (χ2v) is 11.0. The molecule has 4 rings (SSSR count). The SMILES string of the molecule is CC(C)CN(C(=O)O)c1ccc(N2CCC[C@]3(CCN([C@H]4CC[C@H](O)CC4)C3=O)C2)c(C(F)(F)F)c1. The standard InChI is InChI=1S/C26H36F3N3O4/c1-17(2)15-32(24(35)36)19-6-9-22(21(14-19)26(27,28)29)30-12-3-10-25(16-30)11-13-31(23(25)34)18-4-7-20(33)8-5-18/h6,9,14,17-18,20,33H,3-5,7-8,10-13,15-16H2,1-2H3,(H,35,36)/t18-,20-,25-/m0/s1. The minimum atomic E-state index is -4.67. The van der Waals surface area contributed by atoms with Gasteiger partial charge in [0.05, 0.1) is 17.1 Å². The van der Waals surface area contributed by atoms with Crippen LogP contribution in [0.1, 0.15) is 64.4 Å². The first-order chi connectivity index (χ1) is 16.9. The maximum Gasteiger partial charge on any atom is 0.418 e. The number of alkyl halides is 3. The summed E-state index contributed by atoms with van der Waals surface area (Å²) in [4.78, 5) is 29.8. The Morgan fingerprint density at radius 3 is 2.47 bits per heavy atom. The number of amides is 2. The third kappa shape index (κ3) is 5.28. The third-order valence-electron chi connectivity index (χ3n) is 7.95. The number of nitrogens with zero attached hydrogens (tertiary/aromatic N) is 3. The lowest BCUT2D eigenvalue weighted by Crippen LogP contribution is -2.50. The van der Waals surface area contributed by atoms with E-state index in [2.05, 4.69) is 0 Å². The number of hydrogen-bond donors (Lipinski definition) is 2. The lowest BCUT2D eigenvalue weighted by molar-refractivity contribution is -0.139. The number of hydrogen-bond acceptors (Lipinski definition) is 4. The Morgan fingerprint density at radius 2 is 1.86 bits per heavy atom. The Balaban J connectivity index is 1.60. The second-order valence-electron chi connectivity index (χ2n) is 11.0. The van der Waals surface area contributed by atoms with Crippen LogP contribution in [0.5, 0.6) is 0 Å². The van der Waals surface area contributed by atoms with E-state index in [-0.39, 0.29) is 48.4 Å². The zero-order valence-electron chi connectivity index (χ0n) is 20.9. The molecule has 0 aromatic heterocycles. The summed E-state index contributed by atoms with van der Waals surface area (Å²) in [5.74, 6) is -0.0337. The summed E-state index contributed by atoms with van der Waals surface area (Å²) in [5, 5.41) is 19.4. The van der Waals surface area contributed by atoms with Crippen LogP contribution in [0.25, 0.3) is 0 Å². The number of anilines is 2. The van der Waals surface area contributed by atoms with Crippen LogP contribution in [0.3, 0.4) is 0 Å². The van der Waals surface area contributed by atoms with Gasteiger partial charge in [-0.2, -0.15) is 13.2 Å². The minimum Gasteiger partial charge on any atom is -0.465 e. The van der Waals surface area contributed by atoms with Gasteiger partial charge in [0.25, 0.3) is 0 Å². The first kappa shape index (κ1) is 26.6. The molecule has 1 atom stereocenters. The van der Waals surface area contributed by atoms with Crippen molar-refractivity contribution in [3.8, 4) is 0 Å². The number of rotatable bonds is 5. The Labute approximate surface area is 209 Å². The highest BCUT2D eigenvalue weighted by Gasteiger charge is 2.51. The molecule has 2 saturated heterocycles. The van der Waals surface area contributed by atoms with Gasteiger partial charge in [-0.1, -0.05) is 13.8 Å². The Hall–Kier alpha value is -2.49. The summed E-state index contributed by atoms with van der Waals surface area (Å²) in [6.45, 7) is 4.91. The normalized spacial score (nSPS) is 27.2. The first-order valence-electron chi connectivity index (χ1n) is 12.9. The van der Waals surface area contributed by atoms with Gasteiger partial charge in [-0.05, 0) is 69.1 Å². The molecule has 1 spiro atoms. The highest BCUT2D eigenvalue weighted by atomic mass is 19.4. The lowest BCUT2D eigenvalue weighted by Gasteiger charge is -2.42. The average Bonchev–Trinajstić information content (AvgIpc) is 3.12. The van der Waals surface area contributed by atoms with Gasteiger partial charge in [-0.3, -0.25) is 9.69 Å². The summed E-state index contributed by atoms with van der Waals surface area (Å²) in [5.41, 5.74) is -1.61. The van der Waals surface area contributed by atoms with Crippen LogP contribution in [0.15, 0.2) is 18.2 Å². The number of piperidine rings is 1. The maximum atomic E-state index is 14.2. The number of halogens is 3. The van der Waals surface area contributed by atoms with Crippen LogP contribution in [-0.4, -0.2) is 65.4 Å². The van der Waals surface area contributed by atoms with Crippen LogP contribution >= 0.6 is 0 Å². The van der Waals surface area contributed by atoms with E-state index in [1.54, 1.807) is 18.7 Å². The van der Waals surface area contributed by atoms with Gasteiger partial charge in [0.2, 0.25) is 5.91 Å². The molecule has 3 aliphatic rings. The molecule has 0 unspecified atom stereocenters. The highest BCUT2D eigenvalue weighted by Crippen LogP contribution is 2.46. The van der Waals surface area contributed by atoms with Crippen LogP contribution in [0.2, 0.25) is 0 Å². The molecule has 1 aromatic carbocycles. The van der Waals surface area contributed by atoms with E-state index >= 15 is 0 Å². The quantitative estimate of drug-likeness (QED) is 0.583. The molecule has 36 heavy (non-hydrogen) atoms. The van der Waals surface area contributed by atoms with Crippen molar-refractivity contribution in [3.63, 3.8) is 0 Å². The van der Waals surface area contributed by atoms with Gasteiger partial charge in [-0.25, -0.2) is 4.79 Å². The van der Waals surface area contributed by atoms with E-state index in [0.29, 0.717) is 45.2 Å².